The maximum absolute atomic E-state index is 12.9. The summed E-state index contributed by atoms with van der Waals surface area (Å²) in [5.41, 5.74) is 3.72. The van der Waals surface area contributed by atoms with Crippen molar-refractivity contribution in [1.29, 1.82) is 5.26 Å². The smallest absolute Gasteiger partial charge is 0.262 e. The number of carbonyl (C=O) groups excluding carboxylic acids is 1. The number of rotatable bonds is 9. The third kappa shape index (κ3) is 6.46. The Kier molecular flexibility index (Phi) is 8.09. The lowest BCUT2D eigenvalue weighted by atomic mass is 10.0. The second-order valence-electron chi connectivity index (χ2n) is 9.14. The molecule has 1 saturated heterocycles. The molecule has 37 heavy (non-hydrogen) atoms. The molecule has 0 radical (unpaired) electrons. The van der Waals surface area contributed by atoms with Crippen molar-refractivity contribution in [3.05, 3.63) is 71.4 Å². The van der Waals surface area contributed by atoms with Gasteiger partial charge in [0.05, 0.1) is 23.8 Å². The van der Waals surface area contributed by atoms with Gasteiger partial charge in [0.25, 0.3) is 5.91 Å². The van der Waals surface area contributed by atoms with Crippen molar-refractivity contribution < 1.29 is 17.9 Å². The first-order valence-electron chi connectivity index (χ1n) is 12.3. The number of aromatic nitrogens is 2. The summed E-state index contributed by atoms with van der Waals surface area (Å²) in [6, 6.07) is 16.8. The van der Waals surface area contributed by atoms with E-state index in [4.69, 9.17) is 9.84 Å². The third-order valence-corrected chi connectivity index (χ3v) is 7.98. The molecule has 1 atom stereocenters. The van der Waals surface area contributed by atoms with Gasteiger partial charge in [-0.1, -0.05) is 31.5 Å². The second kappa shape index (κ2) is 11.4. The zero-order valence-electron chi connectivity index (χ0n) is 21.0. The van der Waals surface area contributed by atoms with Crippen molar-refractivity contribution in [3.8, 4) is 28.8 Å². The molecule has 0 bridgehead atoms. The molecule has 1 aliphatic rings. The highest BCUT2D eigenvalue weighted by Crippen LogP contribution is 2.31. The lowest BCUT2D eigenvalue weighted by Gasteiger charge is -2.11. The average molecular weight is 519 g/mol. The Bertz CT molecular complexity index is 1450. The summed E-state index contributed by atoms with van der Waals surface area (Å²) in [7, 11) is -3.16. The Morgan fingerprint density at radius 1 is 1.27 bits per heavy atom. The van der Waals surface area contributed by atoms with E-state index in [9.17, 15) is 18.5 Å². The summed E-state index contributed by atoms with van der Waals surface area (Å²) in [5.74, 6) is 0.104. The highest BCUT2D eigenvalue weighted by atomic mass is 32.2. The molecule has 1 unspecified atom stereocenters. The van der Waals surface area contributed by atoms with E-state index in [2.05, 4.69) is 12.2 Å². The molecule has 3 aromatic rings. The van der Waals surface area contributed by atoms with Gasteiger partial charge in [-0.3, -0.25) is 4.79 Å². The molecule has 1 fully saturated rings. The molecular formula is C28H30N4O4S. The van der Waals surface area contributed by atoms with Crippen LogP contribution in [0.5, 0.6) is 5.75 Å². The van der Waals surface area contributed by atoms with E-state index in [0.717, 1.165) is 35.4 Å². The highest BCUT2D eigenvalue weighted by molar-refractivity contribution is 7.91. The van der Waals surface area contributed by atoms with Crippen LogP contribution in [0.3, 0.4) is 0 Å². The molecule has 1 amide bonds. The number of hydrogen-bond acceptors (Lipinski definition) is 6. The Morgan fingerprint density at radius 2 is 2.05 bits per heavy atom. The predicted molar refractivity (Wildman–Crippen MR) is 143 cm³/mol. The van der Waals surface area contributed by atoms with E-state index in [1.807, 2.05) is 61.5 Å². The first-order chi connectivity index (χ1) is 17.8. The molecule has 8 nitrogen and oxygen atoms in total. The van der Waals surface area contributed by atoms with Crippen LogP contribution in [0.2, 0.25) is 0 Å². The maximum atomic E-state index is 12.9. The number of nitrogens with zero attached hydrogens (tertiary/aromatic N) is 3. The van der Waals surface area contributed by atoms with E-state index in [1.54, 1.807) is 10.9 Å². The minimum absolute atomic E-state index is 0.0367. The summed E-state index contributed by atoms with van der Waals surface area (Å²) >= 11 is 0. The van der Waals surface area contributed by atoms with Crippen LogP contribution >= 0.6 is 0 Å². The molecule has 9 heteroatoms. The topological polar surface area (TPSA) is 114 Å². The minimum atomic E-state index is -3.16. The fourth-order valence-electron chi connectivity index (χ4n) is 4.22. The van der Waals surface area contributed by atoms with Gasteiger partial charge in [0, 0.05) is 23.4 Å². The number of hydrogen-bond donors (Lipinski definition) is 1. The Labute approximate surface area is 217 Å². The number of amides is 1. The molecule has 1 aliphatic heterocycles. The average Bonchev–Trinajstić information content (AvgIpc) is 3.45. The number of nitrogens with one attached hydrogen (secondary N) is 1. The largest absolute Gasteiger partial charge is 0.494 e. The molecule has 2 heterocycles. The number of para-hydroxylation sites is 1. The van der Waals surface area contributed by atoms with Crippen molar-refractivity contribution in [2.24, 2.45) is 0 Å². The van der Waals surface area contributed by atoms with Gasteiger partial charge in [0.1, 0.15) is 23.1 Å². The Morgan fingerprint density at radius 3 is 2.70 bits per heavy atom. The normalized spacial score (nSPS) is 16.8. The summed E-state index contributed by atoms with van der Waals surface area (Å²) < 4.78 is 31.1. The molecule has 2 aromatic carbocycles. The lowest BCUT2D eigenvalue weighted by Crippen LogP contribution is -2.36. The van der Waals surface area contributed by atoms with Gasteiger partial charge in [-0.2, -0.15) is 10.4 Å². The van der Waals surface area contributed by atoms with Crippen molar-refractivity contribution in [2.45, 2.75) is 39.2 Å². The standard InChI is InChI=1S/C28H30N4O4S/c1-3-4-13-36-25-10-11-26(20(2)15-25)27-22(18-32(31-27)24-8-6-5-7-9-24)16-21(17-29)28(33)30-23-12-14-37(34,35)19-23/h5-11,15-16,18,23H,3-4,12-14,19H2,1-2H3,(H,30,33)/b21-16+. The number of carbonyl (C=O) groups is 1. The van der Waals surface area contributed by atoms with Crippen LogP contribution in [-0.4, -0.2) is 48.3 Å². The monoisotopic (exact) mass is 518 g/mol. The fourth-order valence-corrected chi connectivity index (χ4v) is 5.89. The van der Waals surface area contributed by atoms with E-state index < -0.39 is 21.8 Å². The molecule has 1 N–H and O–H groups in total. The molecule has 192 valence electrons. The van der Waals surface area contributed by atoms with Crippen LogP contribution in [-0.2, 0) is 14.6 Å². The van der Waals surface area contributed by atoms with Gasteiger partial charge in [0.2, 0.25) is 0 Å². The minimum Gasteiger partial charge on any atom is -0.494 e. The van der Waals surface area contributed by atoms with Gasteiger partial charge in [-0.25, -0.2) is 13.1 Å². The summed E-state index contributed by atoms with van der Waals surface area (Å²) in [6.45, 7) is 4.73. The zero-order valence-corrected chi connectivity index (χ0v) is 21.8. The van der Waals surface area contributed by atoms with Crippen LogP contribution < -0.4 is 10.1 Å². The predicted octanol–water partition coefficient (Wildman–Crippen LogP) is 4.24. The van der Waals surface area contributed by atoms with Crippen LogP contribution in [0, 0.1) is 18.3 Å². The van der Waals surface area contributed by atoms with E-state index >= 15 is 0 Å². The molecule has 0 aliphatic carbocycles. The van der Waals surface area contributed by atoms with E-state index in [0.29, 0.717) is 24.3 Å². The quantitative estimate of drug-likeness (QED) is 0.258. The van der Waals surface area contributed by atoms with E-state index in [-0.39, 0.29) is 17.1 Å². The molecule has 4 rings (SSSR count). The Hall–Kier alpha value is -3.90. The van der Waals surface area contributed by atoms with Gasteiger partial charge in [-0.05, 0) is 61.7 Å². The van der Waals surface area contributed by atoms with E-state index in [1.165, 1.54) is 6.08 Å². The zero-order chi connectivity index (χ0) is 26.4. The number of ether oxygens (including phenoxy) is 1. The number of sulfone groups is 1. The molecule has 1 aromatic heterocycles. The molecule has 0 spiro atoms. The SMILES string of the molecule is CCCCOc1ccc(-c2nn(-c3ccccc3)cc2/C=C(\C#N)C(=O)NC2CCS(=O)(=O)C2)c(C)c1. The first-order valence-corrected chi connectivity index (χ1v) is 14.1. The van der Waals surface area contributed by atoms with Crippen LogP contribution in [0.1, 0.15) is 37.3 Å². The van der Waals surface area contributed by atoms with Gasteiger partial charge >= 0.3 is 0 Å². The van der Waals surface area contributed by atoms with Gasteiger partial charge in [-0.15, -0.1) is 0 Å². The summed E-state index contributed by atoms with van der Waals surface area (Å²) in [6.07, 6.45) is 5.65. The maximum Gasteiger partial charge on any atom is 0.262 e. The second-order valence-corrected chi connectivity index (χ2v) is 11.4. The molecular weight excluding hydrogens is 488 g/mol. The Balaban J connectivity index is 1.70. The van der Waals surface area contributed by atoms with Crippen molar-refractivity contribution >= 4 is 21.8 Å². The van der Waals surface area contributed by atoms with Crippen LogP contribution in [0.15, 0.2) is 60.3 Å². The van der Waals surface area contributed by atoms with Gasteiger partial charge < -0.3 is 10.1 Å². The molecule has 0 saturated carbocycles. The number of aryl methyl sites for hydroxylation is 1. The van der Waals surface area contributed by atoms with Gasteiger partial charge in [0.15, 0.2) is 9.84 Å². The first kappa shape index (κ1) is 26.2. The lowest BCUT2D eigenvalue weighted by molar-refractivity contribution is -0.117. The fraction of sp³-hybridized carbons (Fsp3) is 0.321. The van der Waals surface area contributed by atoms with Crippen LogP contribution in [0.25, 0.3) is 23.0 Å². The van der Waals surface area contributed by atoms with Crippen molar-refractivity contribution in [1.82, 2.24) is 15.1 Å². The third-order valence-electron chi connectivity index (χ3n) is 6.22. The van der Waals surface area contributed by atoms with Crippen molar-refractivity contribution in [2.75, 3.05) is 18.1 Å². The number of benzene rings is 2. The van der Waals surface area contributed by atoms with Crippen LogP contribution in [0.4, 0.5) is 0 Å². The van der Waals surface area contributed by atoms with Crippen molar-refractivity contribution in [3.63, 3.8) is 0 Å². The highest BCUT2D eigenvalue weighted by Gasteiger charge is 2.29. The summed E-state index contributed by atoms with van der Waals surface area (Å²) in [4.78, 5) is 12.9. The number of nitriles is 1. The number of unbranched alkanes of at least 4 members (excludes halogenated alkanes) is 1. The summed E-state index contributed by atoms with van der Waals surface area (Å²) in [5, 5.41) is 17.3.